The lowest BCUT2D eigenvalue weighted by Gasteiger charge is -2.36. The number of piperazine rings is 1. The first kappa shape index (κ1) is 19.7. The summed E-state index contributed by atoms with van der Waals surface area (Å²) in [6.45, 7) is 5.21. The Hall–Kier alpha value is -3.07. The molecule has 1 aliphatic rings. The lowest BCUT2D eigenvalue weighted by atomic mass is 10.2. The summed E-state index contributed by atoms with van der Waals surface area (Å²) in [7, 11) is 3.35. The smallest absolute Gasteiger partial charge is 0.267 e. The third-order valence-corrected chi connectivity index (χ3v) is 4.72. The normalized spacial score (nSPS) is 14.6. The minimum Gasteiger partial charge on any atom is -0.497 e. The Morgan fingerprint density at radius 2 is 1.96 bits per heavy atom. The number of hydrogen-bond donors (Lipinski definition) is 2. The van der Waals surface area contributed by atoms with Crippen molar-refractivity contribution in [3.63, 3.8) is 0 Å². The molecule has 1 aliphatic heterocycles. The van der Waals surface area contributed by atoms with Crippen LogP contribution in [0.15, 0.2) is 30.5 Å². The second-order valence-electron chi connectivity index (χ2n) is 6.42. The first-order chi connectivity index (χ1) is 13.6. The zero-order valence-electron chi connectivity index (χ0n) is 16.2. The van der Waals surface area contributed by atoms with Crippen LogP contribution in [0.1, 0.15) is 10.5 Å². The summed E-state index contributed by atoms with van der Waals surface area (Å²) in [4.78, 5) is 24.1. The molecule has 0 spiro atoms. The van der Waals surface area contributed by atoms with Gasteiger partial charge in [0.15, 0.2) is 0 Å². The Bertz CT molecular complexity index is 808. The van der Waals surface area contributed by atoms with E-state index in [-0.39, 0.29) is 5.69 Å². The lowest BCUT2D eigenvalue weighted by Crippen LogP contribution is -2.47. The molecule has 150 valence electrons. The van der Waals surface area contributed by atoms with E-state index < -0.39 is 5.91 Å². The summed E-state index contributed by atoms with van der Waals surface area (Å²) < 4.78 is 10.8. The molecule has 0 unspecified atom stereocenters. The van der Waals surface area contributed by atoms with Crippen LogP contribution in [0.2, 0.25) is 0 Å². The Balaban J connectivity index is 1.49. The fourth-order valence-electron chi connectivity index (χ4n) is 3.16. The SMILES string of the molecule is COc1ccc(OC)c(N2CCN(CCNc3nccc(C(N)=O)n3)CC2)c1. The molecule has 0 atom stereocenters. The topological polar surface area (TPSA) is 106 Å². The number of methoxy groups -OCH3 is 2. The molecule has 1 saturated heterocycles. The molecule has 0 aliphatic carbocycles. The number of anilines is 2. The van der Waals surface area contributed by atoms with E-state index in [1.807, 2.05) is 18.2 Å². The van der Waals surface area contributed by atoms with Crippen molar-refractivity contribution >= 4 is 17.5 Å². The minimum atomic E-state index is -0.561. The lowest BCUT2D eigenvalue weighted by molar-refractivity contribution is 0.0995. The van der Waals surface area contributed by atoms with Gasteiger partial charge in [0, 0.05) is 51.5 Å². The van der Waals surface area contributed by atoms with E-state index in [4.69, 9.17) is 15.2 Å². The van der Waals surface area contributed by atoms with E-state index in [0.29, 0.717) is 12.5 Å². The molecule has 28 heavy (non-hydrogen) atoms. The van der Waals surface area contributed by atoms with Gasteiger partial charge in [0.1, 0.15) is 17.2 Å². The summed E-state index contributed by atoms with van der Waals surface area (Å²) in [5, 5.41) is 3.14. The maximum absolute atomic E-state index is 11.2. The first-order valence-electron chi connectivity index (χ1n) is 9.16. The van der Waals surface area contributed by atoms with Gasteiger partial charge in [0.05, 0.1) is 19.9 Å². The fourth-order valence-corrected chi connectivity index (χ4v) is 3.16. The van der Waals surface area contributed by atoms with Gasteiger partial charge >= 0.3 is 0 Å². The zero-order valence-corrected chi connectivity index (χ0v) is 16.2. The average molecular weight is 386 g/mol. The molecule has 1 aromatic carbocycles. The summed E-state index contributed by atoms with van der Waals surface area (Å²) in [5.41, 5.74) is 6.50. The van der Waals surface area contributed by atoms with Crippen molar-refractivity contribution in [2.45, 2.75) is 0 Å². The number of carbonyl (C=O) groups excluding carboxylic acids is 1. The van der Waals surface area contributed by atoms with Gasteiger partial charge < -0.3 is 25.4 Å². The molecule has 2 heterocycles. The molecule has 1 aromatic heterocycles. The van der Waals surface area contributed by atoms with Crippen molar-refractivity contribution in [2.24, 2.45) is 5.73 Å². The molecular weight excluding hydrogens is 360 g/mol. The van der Waals surface area contributed by atoms with Crippen molar-refractivity contribution in [1.29, 1.82) is 0 Å². The molecule has 3 N–H and O–H groups in total. The number of amides is 1. The Morgan fingerprint density at radius 3 is 2.64 bits per heavy atom. The van der Waals surface area contributed by atoms with Crippen LogP contribution in [0.4, 0.5) is 11.6 Å². The molecule has 2 aromatic rings. The van der Waals surface area contributed by atoms with Gasteiger partial charge in [-0.3, -0.25) is 9.69 Å². The van der Waals surface area contributed by atoms with Crippen LogP contribution in [0.5, 0.6) is 11.5 Å². The van der Waals surface area contributed by atoms with Crippen LogP contribution < -0.4 is 25.4 Å². The van der Waals surface area contributed by atoms with E-state index in [2.05, 4.69) is 25.1 Å². The zero-order chi connectivity index (χ0) is 19.9. The number of nitrogens with two attached hydrogens (primary N) is 1. The highest BCUT2D eigenvalue weighted by Gasteiger charge is 2.20. The Kier molecular flexibility index (Phi) is 6.49. The molecule has 9 heteroatoms. The van der Waals surface area contributed by atoms with Crippen LogP contribution in [-0.4, -0.2) is 74.3 Å². The second-order valence-corrected chi connectivity index (χ2v) is 6.42. The standard InChI is InChI=1S/C19H26N6O3/c1-27-14-3-4-17(28-2)16(13-14)25-11-9-24(10-12-25)8-7-22-19-21-6-5-15(23-19)18(20)26/h3-6,13H,7-12H2,1-2H3,(H2,20,26)(H,21,22,23). The van der Waals surface area contributed by atoms with E-state index in [1.54, 1.807) is 14.2 Å². The summed E-state index contributed by atoms with van der Waals surface area (Å²) in [6.07, 6.45) is 1.52. The highest BCUT2D eigenvalue weighted by molar-refractivity contribution is 5.90. The number of primary amides is 1. The Morgan fingerprint density at radius 1 is 1.18 bits per heavy atom. The van der Waals surface area contributed by atoms with Crippen LogP contribution >= 0.6 is 0 Å². The molecule has 3 rings (SSSR count). The summed E-state index contributed by atoms with van der Waals surface area (Å²) >= 11 is 0. The van der Waals surface area contributed by atoms with Crippen molar-refractivity contribution in [3.8, 4) is 11.5 Å². The maximum atomic E-state index is 11.2. The number of benzene rings is 1. The quantitative estimate of drug-likeness (QED) is 0.687. The first-order valence-corrected chi connectivity index (χ1v) is 9.16. The predicted octanol–water partition coefficient (Wildman–Crippen LogP) is 0.827. The monoisotopic (exact) mass is 386 g/mol. The number of nitrogens with one attached hydrogen (secondary N) is 1. The van der Waals surface area contributed by atoms with Crippen molar-refractivity contribution in [2.75, 3.05) is 63.7 Å². The maximum Gasteiger partial charge on any atom is 0.267 e. The van der Waals surface area contributed by atoms with Crippen molar-refractivity contribution in [3.05, 3.63) is 36.2 Å². The van der Waals surface area contributed by atoms with Gasteiger partial charge in [-0.2, -0.15) is 0 Å². The van der Waals surface area contributed by atoms with Gasteiger partial charge in [-0.15, -0.1) is 0 Å². The van der Waals surface area contributed by atoms with E-state index in [0.717, 1.165) is 49.9 Å². The summed E-state index contributed by atoms with van der Waals surface area (Å²) in [6, 6.07) is 7.35. The highest BCUT2D eigenvalue weighted by atomic mass is 16.5. The molecule has 1 fully saturated rings. The number of carbonyl (C=O) groups is 1. The number of rotatable bonds is 8. The van der Waals surface area contributed by atoms with Gasteiger partial charge in [-0.25, -0.2) is 9.97 Å². The van der Waals surface area contributed by atoms with E-state index in [1.165, 1.54) is 12.3 Å². The van der Waals surface area contributed by atoms with Crippen molar-refractivity contribution < 1.29 is 14.3 Å². The number of hydrogen-bond acceptors (Lipinski definition) is 8. The van der Waals surface area contributed by atoms with Crippen LogP contribution in [0.25, 0.3) is 0 Å². The largest absolute Gasteiger partial charge is 0.497 e. The van der Waals surface area contributed by atoms with Gasteiger partial charge in [-0.1, -0.05) is 0 Å². The number of nitrogens with zero attached hydrogens (tertiary/aromatic N) is 4. The van der Waals surface area contributed by atoms with E-state index >= 15 is 0 Å². The molecule has 0 bridgehead atoms. The van der Waals surface area contributed by atoms with Crippen molar-refractivity contribution in [1.82, 2.24) is 14.9 Å². The molecule has 1 amide bonds. The molecule has 0 radical (unpaired) electrons. The fraction of sp³-hybridized carbons (Fsp3) is 0.421. The van der Waals surface area contributed by atoms with Gasteiger partial charge in [0.2, 0.25) is 5.95 Å². The molecule has 9 nitrogen and oxygen atoms in total. The van der Waals surface area contributed by atoms with Gasteiger partial charge in [0.25, 0.3) is 5.91 Å². The van der Waals surface area contributed by atoms with Crippen LogP contribution in [-0.2, 0) is 0 Å². The van der Waals surface area contributed by atoms with Gasteiger partial charge in [-0.05, 0) is 18.2 Å². The second kappa shape index (κ2) is 9.23. The minimum absolute atomic E-state index is 0.207. The number of ether oxygens (including phenoxy) is 2. The van der Waals surface area contributed by atoms with E-state index in [9.17, 15) is 4.79 Å². The Labute approximate surface area is 164 Å². The number of aromatic nitrogens is 2. The molecular formula is C19H26N6O3. The summed E-state index contributed by atoms with van der Waals surface area (Å²) in [5.74, 6) is 1.52. The molecule has 0 saturated carbocycles. The van der Waals surface area contributed by atoms with Crippen LogP contribution in [0, 0.1) is 0 Å². The third-order valence-electron chi connectivity index (χ3n) is 4.72. The average Bonchev–Trinajstić information content (AvgIpc) is 2.74. The third kappa shape index (κ3) is 4.80. The van der Waals surface area contributed by atoms with Crippen LogP contribution in [0.3, 0.4) is 0 Å². The highest BCUT2D eigenvalue weighted by Crippen LogP contribution is 2.32. The predicted molar refractivity (Wildman–Crippen MR) is 107 cm³/mol.